The first-order valence-corrected chi connectivity index (χ1v) is 6.37. The Morgan fingerprint density at radius 1 is 1.30 bits per heavy atom. The molecule has 0 saturated heterocycles. The predicted molar refractivity (Wildman–Crippen MR) is 74.6 cm³/mol. The number of carbonyl (C=O) groups is 2. The van der Waals surface area contributed by atoms with Crippen molar-refractivity contribution >= 4 is 12.0 Å². The lowest BCUT2D eigenvalue weighted by Gasteiger charge is -2.20. The van der Waals surface area contributed by atoms with Crippen molar-refractivity contribution in [1.82, 2.24) is 16.0 Å². The van der Waals surface area contributed by atoms with E-state index in [4.69, 9.17) is 5.26 Å². The molecule has 0 atom stereocenters. The lowest BCUT2D eigenvalue weighted by atomic mass is 10.1. The molecule has 0 aromatic carbocycles. The van der Waals surface area contributed by atoms with Crippen LogP contribution in [0.15, 0.2) is 11.8 Å². The summed E-state index contributed by atoms with van der Waals surface area (Å²) in [4.78, 5) is 22.7. The van der Waals surface area contributed by atoms with Crippen molar-refractivity contribution in [1.29, 1.82) is 5.26 Å². The van der Waals surface area contributed by atoms with Crippen LogP contribution in [0.5, 0.6) is 0 Å². The zero-order valence-electron chi connectivity index (χ0n) is 12.4. The highest BCUT2D eigenvalue weighted by atomic mass is 16.5. The van der Waals surface area contributed by atoms with E-state index in [-0.39, 0.29) is 5.57 Å². The van der Waals surface area contributed by atoms with E-state index in [0.717, 1.165) is 0 Å². The van der Waals surface area contributed by atoms with Crippen LogP contribution in [-0.2, 0) is 9.53 Å². The summed E-state index contributed by atoms with van der Waals surface area (Å²) in [5.41, 5.74) is -0.422. The second-order valence-electron chi connectivity index (χ2n) is 4.98. The average molecular weight is 282 g/mol. The first-order valence-electron chi connectivity index (χ1n) is 6.37. The number of alkyl carbamates (subject to hydrolysis) is 1. The van der Waals surface area contributed by atoms with Gasteiger partial charge in [0.15, 0.2) is 0 Å². The van der Waals surface area contributed by atoms with Gasteiger partial charge in [0.1, 0.15) is 11.6 Å². The number of hydrogen-bond acceptors (Lipinski definition) is 5. The molecule has 3 N–H and O–H groups in total. The molecule has 0 spiro atoms. The standard InChI is InChI=1S/C13H22N4O3/c1-5-20-12(19)16-7-6-15-9-10(8-14)11(18)17-13(2,3)4/h9,15H,5-7H2,1-4H3,(H,16,19)(H,17,18)/b10-9-. The van der Waals surface area contributed by atoms with Crippen molar-refractivity contribution < 1.29 is 14.3 Å². The third kappa shape index (κ3) is 8.80. The molecule has 0 aliphatic rings. The monoisotopic (exact) mass is 282 g/mol. The Kier molecular flexibility index (Phi) is 7.82. The minimum absolute atomic E-state index is 0.0175. The smallest absolute Gasteiger partial charge is 0.407 e. The molecule has 112 valence electrons. The molecule has 0 saturated carbocycles. The summed E-state index contributed by atoms with van der Waals surface area (Å²) in [5.74, 6) is -0.439. The van der Waals surface area contributed by atoms with E-state index in [0.29, 0.717) is 19.7 Å². The summed E-state index contributed by atoms with van der Waals surface area (Å²) >= 11 is 0. The second-order valence-corrected chi connectivity index (χ2v) is 4.98. The van der Waals surface area contributed by atoms with Crippen LogP contribution in [0.2, 0.25) is 0 Å². The summed E-state index contributed by atoms with van der Waals surface area (Å²) in [6.45, 7) is 8.23. The van der Waals surface area contributed by atoms with Crippen molar-refractivity contribution in [3.63, 3.8) is 0 Å². The molecule has 0 fully saturated rings. The van der Waals surface area contributed by atoms with Crippen molar-refractivity contribution in [3.05, 3.63) is 11.8 Å². The van der Waals surface area contributed by atoms with Gasteiger partial charge < -0.3 is 20.7 Å². The van der Waals surface area contributed by atoms with Gasteiger partial charge in [0, 0.05) is 24.8 Å². The van der Waals surface area contributed by atoms with Crippen LogP contribution in [0.4, 0.5) is 4.79 Å². The van der Waals surface area contributed by atoms with E-state index in [1.807, 2.05) is 26.8 Å². The molecule has 0 aliphatic carbocycles. The van der Waals surface area contributed by atoms with E-state index in [9.17, 15) is 9.59 Å². The van der Waals surface area contributed by atoms with Gasteiger partial charge in [0.25, 0.3) is 5.91 Å². The maximum Gasteiger partial charge on any atom is 0.407 e. The average Bonchev–Trinajstić information content (AvgIpc) is 2.31. The molecule has 20 heavy (non-hydrogen) atoms. The van der Waals surface area contributed by atoms with Crippen LogP contribution >= 0.6 is 0 Å². The highest BCUT2D eigenvalue weighted by Gasteiger charge is 2.16. The van der Waals surface area contributed by atoms with Crippen molar-refractivity contribution in [3.8, 4) is 6.07 Å². The van der Waals surface area contributed by atoms with Gasteiger partial charge in [-0.05, 0) is 27.7 Å². The Balaban J connectivity index is 4.12. The van der Waals surface area contributed by atoms with Crippen LogP contribution in [0.1, 0.15) is 27.7 Å². The third-order valence-electron chi connectivity index (χ3n) is 1.91. The maximum atomic E-state index is 11.7. The van der Waals surface area contributed by atoms with Crippen LogP contribution < -0.4 is 16.0 Å². The number of nitrogens with zero attached hydrogens (tertiary/aromatic N) is 1. The summed E-state index contributed by atoms with van der Waals surface area (Å²) in [7, 11) is 0. The molecular formula is C13H22N4O3. The van der Waals surface area contributed by atoms with E-state index in [2.05, 4.69) is 20.7 Å². The molecule has 7 heteroatoms. The molecular weight excluding hydrogens is 260 g/mol. The van der Waals surface area contributed by atoms with Crippen LogP contribution in [0.25, 0.3) is 0 Å². The minimum Gasteiger partial charge on any atom is -0.450 e. The molecule has 0 bridgehead atoms. The third-order valence-corrected chi connectivity index (χ3v) is 1.91. The molecule has 0 heterocycles. The quantitative estimate of drug-likeness (QED) is 0.377. The van der Waals surface area contributed by atoms with Gasteiger partial charge in [-0.15, -0.1) is 0 Å². The summed E-state index contributed by atoms with van der Waals surface area (Å²) in [6, 6.07) is 1.82. The Hall–Kier alpha value is -2.23. The fourth-order valence-corrected chi connectivity index (χ4v) is 1.15. The van der Waals surface area contributed by atoms with E-state index >= 15 is 0 Å². The lowest BCUT2D eigenvalue weighted by Crippen LogP contribution is -2.41. The fourth-order valence-electron chi connectivity index (χ4n) is 1.15. The Morgan fingerprint density at radius 2 is 1.95 bits per heavy atom. The number of rotatable bonds is 6. The van der Waals surface area contributed by atoms with Crippen LogP contribution in [0.3, 0.4) is 0 Å². The van der Waals surface area contributed by atoms with E-state index in [1.165, 1.54) is 6.20 Å². The minimum atomic E-state index is -0.496. The van der Waals surface area contributed by atoms with Gasteiger partial charge in [-0.1, -0.05) is 0 Å². The first-order chi connectivity index (χ1) is 9.30. The number of hydrogen-bond donors (Lipinski definition) is 3. The van der Waals surface area contributed by atoms with Gasteiger partial charge >= 0.3 is 6.09 Å². The van der Waals surface area contributed by atoms with Gasteiger partial charge in [-0.25, -0.2) is 4.79 Å². The number of carbonyl (C=O) groups excluding carboxylic acids is 2. The lowest BCUT2D eigenvalue weighted by molar-refractivity contribution is -0.118. The molecule has 7 nitrogen and oxygen atoms in total. The normalized spacial score (nSPS) is 11.2. The van der Waals surface area contributed by atoms with Crippen LogP contribution in [-0.4, -0.2) is 37.2 Å². The van der Waals surface area contributed by atoms with Gasteiger partial charge in [-0.2, -0.15) is 5.26 Å². The number of nitrogens with one attached hydrogen (secondary N) is 3. The predicted octanol–water partition coefficient (Wildman–Crippen LogP) is 0.644. The van der Waals surface area contributed by atoms with Gasteiger partial charge in [0.05, 0.1) is 6.61 Å². The topological polar surface area (TPSA) is 103 Å². The number of amides is 2. The highest BCUT2D eigenvalue weighted by Crippen LogP contribution is 2.01. The maximum absolute atomic E-state index is 11.7. The second kappa shape index (κ2) is 8.80. The van der Waals surface area contributed by atoms with Gasteiger partial charge in [-0.3, -0.25) is 4.79 Å². The molecule has 2 amide bonds. The molecule has 0 rings (SSSR count). The Morgan fingerprint density at radius 3 is 2.45 bits per heavy atom. The van der Waals surface area contributed by atoms with Gasteiger partial charge in [0.2, 0.25) is 0 Å². The zero-order valence-corrected chi connectivity index (χ0v) is 12.4. The molecule has 0 aromatic rings. The molecule has 0 radical (unpaired) electrons. The van der Waals surface area contributed by atoms with Crippen molar-refractivity contribution in [2.75, 3.05) is 19.7 Å². The summed E-state index contributed by atoms with van der Waals surface area (Å²) in [5, 5.41) is 16.9. The van der Waals surface area contributed by atoms with E-state index in [1.54, 1.807) is 6.92 Å². The summed E-state index contributed by atoms with van der Waals surface area (Å²) < 4.78 is 4.67. The molecule has 0 aromatic heterocycles. The Bertz CT molecular complexity index is 405. The highest BCUT2D eigenvalue weighted by molar-refractivity contribution is 5.97. The number of nitriles is 1. The molecule has 0 aliphatic heterocycles. The fraction of sp³-hybridized carbons (Fsp3) is 0.615. The van der Waals surface area contributed by atoms with E-state index < -0.39 is 17.5 Å². The largest absolute Gasteiger partial charge is 0.450 e. The molecule has 0 unspecified atom stereocenters. The Labute approximate surface area is 119 Å². The van der Waals surface area contributed by atoms with Crippen LogP contribution in [0, 0.1) is 11.3 Å². The number of ether oxygens (including phenoxy) is 1. The van der Waals surface area contributed by atoms with Crippen molar-refractivity contribution in [2.45, 2.75) is 33.2 Å². The summed E-state index contributed by atoms with van der Waals surface area (Å²) in [6.07, 6.45) is 0.831. The zero-order chi connectivity index (χ0) is 15.6. The first kappa shape index (κ1) is 17.8. The van der Waals surface area contributed by atoms with Crippen molar-refractivity contribution in [2.24, 2.45) is 0 Å². The SMILES string of the molecule is CCOC(=O)NCCN/C=C(/C#N)C(=O)NC(C)(C)C.